The monoisotopic (exact) mass is 411 g/mol. The van der Waals surface area contributed by atoms with E-state index in [1.165, 1.54) is 50.1 Å². The lowest BCUT2D eigenvalue weighted by atomic mass is 10.0. The number of allylic oxidation sites excluding steroid dienone is 2. The molecule has 0 aliphatic rings. The lowest BCUT2D eigenvalue weighted by Gasteiger charge is -2.10. The van der Waals surface area contributed by atoms with E-state index in [1.807, 2.05) is 18.2 Å². The van der Waals surface area contributed by atoms with Gasteiger partial charge in [-0.15, -0.1) is 0 Å². The van der Waals surface area contributed by atoms with Crippen LogP contribution in [0.1, 0.15) is 11.3 Å². The Morgan fingerprint density at radius 3 is 1.78 bits per heavy atom. The highest BCUT2D eigenvalue weighted by atomic mass is 15.0. The average molecular weight is 412 g/mol. The molecule has 5 rings (SSSR count). The molecule has 0 unspecified atom stereocenters. The maximum Gasteiger partial charge on any atom is 0.0537 e. The topological polar surface area (TPSA) is 4.93 Å². The molecule has 4 aromatic carbocycles. The van der Waals surface area contributed by atoms with Crippen molar-refractivity contribution < 1.29 is 0 Å². The fraction of sp³-hybridized carbons (Fsp3) is 0.0323. The first-order valence-electron chi connectivity index (χ1n) is 10.9. The molecule has 0 aliphatic carbocycles. The maximum atomic E-state index is 3.82. The van der Waals surface area contributed by atoms with Crippen LogP contribution in [0.25, 0.3) is 44.9 Å². The molecule has 1 heteroatoms. The first kappa shape index (κ1) is 19.8. The lowest BCUT2D eigenvalue weighted by molar-refractivity contribution is 1.05. The highest BCUT2D eigenvalue weighted by Crippen LogP contribution is 2.31. The number of benzene rings is 4. The summed E-state index contributed by atoms with van der Waals surface area (Å²) in [5.41, 5.74) is 9.76. The number of hydrogen-bond acceptors (Lipinski definition) is 0. The van der Waals surface area contributed by atoms with E-state index in [4.69, 9.17) is 0 Å². The molecule has 0 aliphatic heterocycles. The Hall–Kier alpha value is -4.10. The fourth-order valence-corrected chi connectivity index (χ4v) is 4.39. The second-order valence-corrected chi connectivity index (χ2v) is 7.94. The summed E-state index contributed by atoms with van der Waals surface area (Å²) in [6.07, 6.45) is 5.97. The van der Waals surface area contributed by atoms with Crippen LogP contribution in [0.4, 0.5) is 0 Å². The third-order valence-electron chi connectivity index (χ3n) is 6.01. The van der Waals surface area contributed by atoms with E-state index in [0.29, 0.717) is 0 Å². The molecule has 0 bridgehead atoms. The van der Waals surface area contributed by atoms with Gasteiger partial charge in [0.05, 0.1) is 5.52 Å². The minimum Gasteiger partial charge on any atom is -0.313 e. The van der Waals surface area contributed by atoms with Crippen LogP contribution >= 0.6 is 0 Å². The van der Waals surface area contributed by atoms with E-state index in [-0.39, 0.29) is 0 Å². The van der Waals surface area contributed by atoms with Crippen LogP contribution in [0.5, 0.6) is 0 Å². The Bertz CT molecular complexity index is 1400. The summed E-state index contributed by atoms with van der Waals surface area (Å²) in [6.45, 7) is 6.00. The summed E-state index contributed by atoms with van der Waals surface area (Å²) in [5.74, 6) is 0. The van der Waals surface area contributed by atoms with Crippen molar-refractivity contribution in [2.24, 2.45) is 0 Å². The van der Waals surface area contributed by atoms with Gasteiger partial charge in [-0.1, -0.05) is 110 Å². The average Bonchev–Trinajstić information content (AvgIpc) is 3.14. The molecule has 1 aromatic heterocycles. The molecule has 32 heavy (non-hydrogen) atoms. The number of hydrogen-bond donors (Lipinski definition) is 0. The van der Waals surface area contributed by atoms with Crippen molar-refractivity contribution in [1.82, 2.24) is 4.57 Å². The Balaban J connectivity index is 1.51. The molecule has 0 radical (unpaired) electrons. The van der Waals surface area contributed by atoms with Gasteiger partial charge >= 0.3 is 0 Å². The van der Waals surface area contributed by atoms with Crippen LogP contribution in [0.15, 0.2) is 122 Å². The Morgan fingerprint density at radius 1 is 0.625 bits per heavy atom. The van der Waals surface area contributed by atoms with Crippen LogP contribution in [0.3, 0.4) is 0 Å². The standard InChI is InChI=1S/C31H25N/c1-3-4-12-29-23(2)32(31-14-9-8-13-30(29)31)28-21-19-27(20-22-28)26-17-15-25(16-18-26)24-10-6-5-7-11-24/h3-22H,1H2,2H3/b12-4-. The molecule has 0 saturated carbocycles. The number of aromatic nitrogens is 1. The summed E-state index contributed by atoms with van der Waals surface area (Å²) >= 11 is 0. The van der Waals surface area contributed by atoms with Gasteiger partial charge in [-0.05, 0) is 47.4 Å². The highest BCUT2D eigenvalue weighted by molar-refractivity contribution is 5.93. The first-order valence-corrected chi connectivity index (χ1v) is 10.9. The van der Waals surface area contributed by atoms with E-state index >= 15 is 0 Å². The highest BCUT2D eigenvalue weighted by Gasteiger charge is 2.13. The van der Waals surface area contributed by atoms with Gasteiger partial charge in [-0.25, -0.2) is 0 Å². The van der Waals surface area contributed by atoms with Gasteiger partial charge in [0, 0.05) is 22.3 Å². The molecular formula is C31H25N. The summed E-state index contributed by atoms with van der Waals surface area (Å²) in [6, 6.07) is 36.7. The van der Waals surface area contributed by atoms with Gasteiger partial charge < -0.3 is 4.57 Å². The van der Waals surface area contributed by atoms with Crippen molar-refractivity contribution in [3.63, 3.8) is 0 Å². The molecule has 0 N–H and O–H groups in total. The quantitative estimate of drug-likeness (QED) is 0.256. The summed E-state index contributed by atoms with van der Waals surface area (Å²) in [7, 11) is 0. The molecule has 0 spiro atoms. The number of para-hydroxylation sites is 1. The Labute approximate surface area is 189 Å². The maximum absolute atomic E-state index is 3.82. The molecule has 0 saturated heterocycles. The van der Waals surface area contributed by atoms with Gasteiger partial charge in [0.2, 0.25) is 0 Å². The number of nitrogens with zero attached hydrogens (tertiary/aromatic N) is 1. The SMILES string of the molecule is C=C/C=C\c1c(C)n(-c2ccc(-c3ccc(-c4ccccc4)cc3)cc2)c2ccccc12. The van der Waals surface area contributed by atoms with Gasteiger partial charge in [0.15, 0.2) is 0 Å². The number of rotatable bonds is 5. The van der Waals surface area contributed by atoms with Crippen LogP contribution in [-0.4, -0.2) is 4.57 Å². The minimum absolute atomic E-state index is 1.17. The molecule has 0 atom stereocenters. The summed E-state index contributed by atoms with van der Waals surface area (Å²) < 4.78 is 2.33. The molecule has 5 aromatic rings. The van der Waals surface area contributed by atoms with Crippen LogP contribution in [0, 0.1) is 6.92 Å². The molecule has 0 fully saturated rings. The smallest absolute Gasteiger partial charge is 0.0537 e. The number of fused-ring (bicyclic) bond motifs is 1. The van der Waals surface area contributed by atoms with E-state index in [9.17, 15) is 0 Å². The van der Waals surface area contributed by atoms with Crippen LogP contribution in [-0.2, 0) is 0 Å². The predicted octanol–water partition coefficient (Wildman–Crippen LogP) is 8.47. The van der Waals surface area contributed by atoms with E-state index in [2.05, 4.69) is 121 Å². The second-order valence-electron chi connectivity index (χ2n) is 7.94. The normalized spacial score (nSPS) is 11.3. The summed E-state index contributed by atoms with van der Waals surface area (Å²) in [5, 5.41) is 1.25. The molecule has 0 amide bonds. The predicted molar refractivity (Wildman–Crippen MR) is 138 cm³/mol. The van der Waals surface area contributed by atoms with Crippen molar-refractivity contribution in [3.05, 3.63) is 133 Å². The van der Waals surface area contributed by atoms with Gasteiger partial charge in [-0.2, -0.15) is 0 Å². The van der Waals surface area contributed by atoms with Crippen molar-refractivity contribution in [2.75, 3.05) is 0 Å². The van der Waals surface area contributed by atoms with Crippen LogP contribution in [0.2, 0.25) is 0 Å². The molecule has 1 nitrogen and oxygen atoms in total. The van der Waals surface area contributed by atoms with E-state index < -0.39 is 0 Å². The largest absolute Gasteiger partial charge is 0.313 e. The van der Waals surface area contributed by atoms with Gasteiger partial charge in [0.25, 0.3) is 0 Å². The minimum atomic E-state index is 1.17. The van der Waals surface area contributed by atoms with Gasteiger partial charge in [0.1, 0.15) is 0 Å². The van der Waals surface area contributed by atoms with E-state index in [1.54, 1.807) is 0 Å². The third kappa shape index (κ3) is 3.59. The first-order chi connectivity index (χ1) is 15.8. The van der Waals surface area contributed by atoms with Gasteiger partial charge in [-0.3, -0.25) is 0 Å². The second kappa shape index (κ2) is 8.56. The van der Waals surface area contributed by atoms with Crippen molar-refractivity contribution in [3.8, 4) is 27.9 Å². The Morgan fingerprint density at radius 2 is 1.16 bits per heavy atom. The van der Waals surface area contributed by atoms with E-state index in [0.717, 1.165) is 0 Å². The van der Waals surface area contributed by atoms with Crippen molar-refractivity contribution in [1.29, 1.82) is 0 Å². The zero-order valence-corrected chi connectivity index (χ0v) is 18.2. The fourth-order valence-electron chi connectivity index (χ4n) is 4.39. The van der Waals surface area contributed by atoms with Crippen molar-refractivity contribution >= 4 is 17.0 Å². The molecular weight excluding hydrogens is 386 g/mol. The lowest BCUT2D eigenvalue weighted by Crippen LogP contribution is -1.96. The summed E-state index contributed by atoms with van der Waals surface area (Å²) in [4.78, 5) is 0. The molecule has 1 heterocycles. The zero-order chi connectivity index (χ0) is 21.9. The zero-order valence-electron chi connectivity index (χ0n) is 18.2. The third-order valence-corrected chi connectivity index (χ3v) is 6.01. The van der Waals surface area contributed by atoms with Crippen molar-refractivity contribution in [2.45, 2.75) is 6.92 Å². The van der Waals surface area contributed by atoms with Crippen LogP contribution < -0.4 is 0 Å². The Kier molecular flexibility index (Phi) is 5.31. The molecule has 154 valence electrons.